The monoisotopic (exact) mass is 470 g/mol. The third-order valence-corrected chi connectivity index (χ3v) is 6.37. The number of fused-ring (bicyclic) bond motifs is 1. The molecule has 1 fully saturated rings. The first-order valence-electron chi connectivity index (χ1n) is 12.3. The molecule has 9 nitrogen and oxygen atoms in total. The van der Waals surface area contributed by atoms with Crippen molar-refractivity contribution in [1.29, 1.82) is 0 Å². The number of amides is 5. The van der Waals surface area contributed by atoms with Crippen LogP contribution in [0, 0.1) is 0 Å². The van der Waals surface area contributed by atoms with Crippen LogP contribution in [0.5, 0.6) is 0 Å². The number of anilines is 1. The van der Waals surface area contributed by atoms with Crippen LogP contribution in [-0.2, 0) is 14.4 Å². The molecule has 1 aromatic carbocycles. The van der Waals surface area contributed by atoms with E-state index in [4.69, 9.17) is 5.73 Å². The summed E-state index contributed by atoms with van der Waals surface area (Å²) in [6.07, 6.45) is 10.7. The number of nitrogens with two attached hydrogens (primary N) is 1. The molecule has 1 unspecified atom stereocenters. The smallest absolute Gasteiger partial charge is 0.262 e. The highest BCUT2D eigenvalue weighted by molar-refractivity contribution is 6.23. The molecule has 2 aliphatic heterocycles. The highest BCUT2D eigenvalue weighted by Gasteiger charge is 2.44. The van der Waals surface area contributed by atoms with Crippen molar-refractivity contribution in [2.24, 2.45) is 5.73 Å². The summed E-state index contributed by atoms with van der Waals surface area (Å²) in [7, 11) is 0. The van der Waals surface area contributed by atoms with Crippen molar-refractivity contribution >= 4 is 35.2 Å². The number of piperidine rings is 1. The second-order valence-corrected chi connectivity index (χ2v) is 9.03. The molecule has 1 atom stereocenters. The fourth-order valence-corrected chi connectivity index (χ4v) is 4.48. The molecule has 0 bridgehead atoms. The summed E-state index contributed by atoms with van der Waals surface area (Å²) in [5.41, 5.74) is 6.47. The quantitative estimate of drug-likeness (QED) is 0.282. The van der Waals surface area contributed by atoms with E-state index < -0.39 is 23.8 Å². The number of nitrogens with zero attached hydrogens (tertiary/aromatic N) is 1. The fraction of sp³-hybridized carbons (Fsp3) is 0.560. The number of carbonyl (C=O) groups is 5. The van der Waals surface area contributed by atoms with Gasteiger partial charge in [0.25, 0.3) is 11.8 Å². The SMILES string of the molecule is NC(=O)CCCCCCCCCCCNc1ccc2c(c1)C(=O)N(C1CCC(=O)NC1=O)C2=O. The van der Waals surface area contributed by atoms with Crippen LogP contribution in [0.3, 0.4) is 0 Å². The van der Waals surface area contributed by atoms with Crippen LogP contribution < -0.4 is 16.4 Å². The van der Waals surface area contributed by atoms with E-state index in [-0.39, 0.29) is 35.8 Å². The van der Waals surface area contributed by atoms with E-state index in [1.807, 2.05) is 0 Å². The highest BCUT2D eigenvalue weighted by atomic mass is 16.2. The molecule has 0 saturated carbocycles. The maximum Gasteiger partial charge on any atom is 0.262 e. The summed E-state index contributed by atoms with van der Waals surface area (Å²) in [6.45, 7) is 0.769. The third-order valence-electron chi connectivity index (χ3n) is 6.37. The predicted octanol–water partition coefficient (Wildman–Crippen LogP) is 2.89. The van der Waals surface area contributed by atoms with Crippen LogP contribution in [0.2, 0.25) is 0 Å². The van der Waals surface area contributed by atoms with E-state index in [1.54, 1.807) is 18.2 Å². The Morgan fingerprint density at radius 2 is 1.53 bits per heavy atom. The topological polar surface area (TPSA) is 139 Å². The maximum absolute atomic E-state index is 12.9. The van der Waals surface area contributed by atoms with Gasteiger partial charge in [0, 0.05) is 25.1 Å². The molecule has 0 aromatic heterocycles. The van der Waals surface area contributed by atoms with Gasteiger partial charge in [0.2, 0.25) is 17.7 Å². The molecule has 0 spiro atoms. The van der Waals surface area contributed by atoms with Crippen LogP contribution in [0.25, 0.3) is 0 Å². The van der Waals surface area contributed by atoms with E-state index in [9.17, 15) is 24.0 Å². The van der Waals surface area contributed by atoms with E-state index in [1.165, 1.54) is 25.7 Å². The lowest BCUT2D eigenvalue weighted by molar-refractivity contribution is -0.136. The minimum Gasteiger partial charge on any atom is -0.385 e. The minimum atomic E-state index is -0.948. The van der Waals surface area contributed by atoms with Gasteiger partial charge in [0.05, 0.1) is 11.1 Å². The van der Waals surface area contributed by atoms with Crippen molar-refractivity contribution in [2.75, 3.05) is 11.9 Å². The number of hydrogen-bond acceptors (Lipinski definition) is 6. The molecule has 3 rings (SSSR count). The minimum absolute atomic E-state index is 0.105. The van der Waals surface area contributed by atoms with Crippen LogP contribution in [0.1, 0.15) is 97.8 Å². The lowest BCUT2D eigenvalue weighted by Crippen LogP contribution is -2.54. The second-order valence-electron chi connectivity index (χ2n) is 9.03. The zero-order chi connectivity index (χ0) is 24.5. The Hall–Kier alpha value is -3.23. The van der Waals surface area contributed by atoms with Gasteiger partial charge in [-0.05, 0) is 37.5 Å². The Bertz CT molecular complexity index is 945. The van der Waals surface area contributed by atoms with Crippen molar-refractivity contribution in [3.8, 4) is 0 Å². The molecule has 5 amide bonds. The number of benzene rings is 1. The molecule has 0 radical (unpaired) electrons. The van der Waals surface area contributed by atoms with Crippen molar-refractivity contribution in [2.45, 2.75) is 83.1 Å². The summed E-state index contributed by atoms with van der Waals surface area (Å²) in [6, 6.07) is 4.11. The van der Waals surface area contributed by atoms with Gasteiger partial charge in [-0.25, -0.2) is 0 Å². The summed E-state index contributed by atoms with van der Waals surface area (Å²) >= 11 is 0. The van der Waals surface area contributed by atoms with E-state index in [0.717, 1.165) is 49.2 Å². The Labute approximate surface area is 199 Å². The molecule has 2 aliphatic rings. The molecular formula is C25H34N4O5. The highest BCUT2D eigenvalue weighted by Crippen LogP contribution is 2.29. The van der Waals surface area contributed by atoms with Gasteiger partial charge in [-0.3, -0.25) is 34.2 Å². The number of nitrogens with one attached hydrogen (secondary N) is 2. The van der Waals surface area contributed by atoms with E-state index in [2.05, 4.69) is 10.6 Å². The Balaban J connectivity index is 1.36. The predicted molar refractivity (Wildman–Crippen MR) is 127 cm³/mol. The van der Waals surface area contributed by atoms with E-state index in [0.29, 0.717) is 6.42 Å². The molecule has 1 aromatic rings. The number of rotatable bonds is 14. The summed E-state index contributed by atoms with van der Waals surface area (Å²) in [5, 5.41) is 5.51. The first-order chi connectivity index (χ1) is 16.4. The molecule has 2 heterocycles. The fourth-order valence-electron chi connectivity index (χ4n) is 4.48. The second kappa shape index (κ2) is 12.3. The van der Waals surface area contributed by atoms with Gasteiger partial charge in [0.1, 0.15) is 6.04 Å². The van der Waals surface area contributed by atoms with Gasteiger partial charge >= 0.3 is 0 Å². The van der Waals surface area contributed by atoms with Gasteiger partial charge in [0.15, 0.2) is 0 Å². The molecule has 9 heteroatoms. The lowest BCUT2D eigenvalue weighted by atomic mass is 10.0. The number of primary amides is 1. The van der Waals surface area contributed by atoms with Gasteiger partial charge < -0.3 is 11.1 Å². The molecular weight excluding hydrogens is 436 g/mol. The zero-order valence-electron chi connectivity index (χ0n) is 19.6. The average molecular weight is 471 g/mol. The van der Waals surface area contributed by atoms with Crippen molar-refractivity contribution in [1.82, 2.24) is 10.2 Å². The zero-order valence-corrected chi connectivity index (χ0v) is 19.6. The Morgan fingerprint density at radius 1 is 0.912 bits per heavy atom. The number of unbranched alkanes of at least 4 members (excludes halogenated alkanes) is 8. The van der Waals surface area contributed by atoms with Gasteiger partial charge in [-0.1, -0.05) is 44.9 Å². The van der Waals surface area contributed by atoms with Crippen molar-refractivity contribution in [3.63, 3.8) is 0 Å². The number of carbonyl (C=O) groups excluding carboxylic acids is 5. The van der Waals surface area contributed by atoms with Gasteiger partial charge in [-0.15, -0.1) is 0 Å². The number of imide groups is 2. The average Bonchev–Trinajstić information content (AvgIpc) is 3.04. The molecule has 0 aliphatic carbocycles. The Morgan fingerprint density at radius 3 is 2.18 bits per heavy atom. The molecule has 4 N–H and O–H groups in total. The molecule has 184 valence electrons. The molecule has 34 heavy (non-hydrogen) atoms. The third kappa shape index (κ3) is 6.65. The van der Waals surface area contributed by atoms with Crippen LogP contribution >= 0.6 is 0 Å². The van der Waals surface area contributed by atoms with Crippen molar-refractivity contribution < 1.29 is 24.0 Å². The summed E-state index contributed by atoms with van der Waals surface area (Å²) in [5.74, 6) is -2.20. The summed E-state index contributed by atoms with van der Waals surface area (Å²) in [4.78, 5) is 60.8. The van der Waals surface area contributed by atoms with Crippen LogP contribution in [0.15, 0.2) is 18.2 Å². The first-order valence-corrected chi connectivity index (χ1v) is 12.3. The van der Waals surface area contributed by atoms with Crippen LogP contribution in [-0.4, -0.2) is 47.0 Å². The number of hydrogen-bond donors (Lipinski definition) is 3. The molecule has 1 saturated heterocycles. The maximum atomic E-state index is 12.9. The summed E-state index contributed by atoms with van der Waals surface area (Å²) < 4.78 is 0. The normalized spacial score (nSPS) is 17.6. The van der Waals surface area contributed by atoms with Gasteiger partial charge in [-0.2, -0.15) is 0 Å². The van der Waals surface area contributed by atoms with Crippen molar-refractivity contribution in [3.05, 3.63) is 29.3 Å². The van der Waals surface area contributed by atoms with Crippen LogP contribution in [0.4, 0.5) is 5.69 Å². The largest absolute Gasteiger partial charge is 0.385 e. The van der Waals surface area contributed by atoms with E-state index >= 15 is 0 Å². The first kappa shape index (κ1) is 25.4. The standard InChI is InChI=1S/C25H34N4O5/c26-21(30)10-8-6-4-2-1-3-5-7-9-15-27-17-11-12-18-19(16-17)25(34)29(24(18)33)20-13-14-22(31)28-23(20)32/h11-12,16,20,27H,1-10,13-15H2,(H2,26,30)(H,28,31,32). The Kier molecular flexibility index (Phi) is 9.18. The lowest BCUT2D eigenvalue weighted by Gasteiger charge is -2.27.